The third-order valence-corrected chi connectivity index (χ3v) is 6.78. The molecule has 0 amide bonds. The van der Waals surface area contributed by atoms with E-state index in [-0.39, 0.29) is 5.41 Å². The predicted molar refractivity (Wildman–Crippen MR) is 134 cm³/mol. The highest BCUT2D eigenvalue weighted by molar-refractivity contribution is 5.83. The minimum atomic E-state index is 0.0617. The van der Waals surface area contributed by atoms with Crippen molar-refractivity contribution in [3.8, 4) is 0 Å². The van der Waals surface area contributed by atoms with Gasteiger partial charge in [0.1, 0.15) is 0 Å². The zero-order valence-corrected chi connectivity index (χ0v) is 18.1. The summed E-state index contributed by atoms with van der Waals surface area (Å²) < 4.78 is 0. The summed E-state index contributed by atoms with van der Waals surface area (Å²) in [4.78, 5) is 0. The Morgan fingerprint density at radius 2 is 0.935 bits per heavy atom. The van der Waals surface area contributed by atoms with Crippen LogP contribution in [0.25, 0.3) is 21.5 Å². The van der Waals surface area contributed by atoms with Gasteiger partial charge in [-0.1, -0.05) is 122 Å². The minimum absolute atomic E-state index is 0.0617. The minimum Gasteiger partial charge on any atom is -0.0645 e. The summed E-state index contributed by atoms with van der Waals surface area (Å²) in [5, 5.41) is 5.26. The molecule has 0 heterocycles. The van der Waals surface area contributed by atoms with Crippen molar-refractivity contribution in [1.82, 2.24) is 0 Å². The first-order chi connectivity index (χ1) is 15.3. The maximum atomic E-state index is 2.38. The Kier molecular flexibility index (Phi) is 5.30. The quantitative estimate of drug-likeness (QED) is 0.270. The first kappa shape index (κ1) is 19.6. The Labute approximate surface area is 185 Å². The van der Waals surface area contributed by atoms with Crippen molar-refractivity contribution in [2.75, 3.05) is 0 Å². The molecule has 5 aromatic carbocycles. The zero-order chi connectivity index (χ0) is 21.1. The molecule has 0 aliphatic rings. The molecule has 0 saturated heterocycles. The number of hydrogen-bond acceptors (Lipinski definition) is 0. The molecule has 0 heteroatoms. The van der Waals surface area contributed by atoms with E-state index in [4.69, 9.17) is 0 Å². The number of fused-ring (bicyclic) bond motifs is 2. The fourth-order valence-corrected chi connectivity index (χ4v) is 4.99. The molecule has 152 valence electrons. The van der Waals surface area contributed by atoms with Crippen molar-refractivity contribution in [3.63, 3.8) is 0 Å². The van der Waals surface area contributed by atoms with Crippen LogP contribution in [0.4, 0.5) is 0 Å². The van der Waals surface area contributed by atoms with Gasteiger partial charge in [0.2, 0.25) is 0 Å². The summed E-state index contributed by atoms with van der Waals surface area (Å²) in [6, 6.07) is 42.3. The molecule has 0 fully saturated rings. The summed E-state index contributed by atoms with van der Waals surface area (Å²) in [5.74, 6) is 0. The van der Waals surface area contributed by atoms with E-state index < -0.39 is 0 Å². The van der Waals surface area contributed by atoms with Crippen LogP contribution in [0.5, 0.6) is 0 Å². The Hall–Kier alpha value is -3.38. The maximum absolute atomic E-state index is 2.38. The molecule has 31 heavy (non-hydrogen) atoms. The summed E-state index contributed by atoms with van der Waals surface area (Å²) in [6.07, 6.45) is 3.16. The molecule has 0 bridgehead atoms. The topological polar surface area (TPSA) is 0 Å². The molecule has 0 aromatic heterocycles. The first-order valence-electron chi connectivity index (χ1n) is 11.3. The molecule has 0 nitrogen and oxygen atoms in total. The monoisotopic (exact) mass is 400 g/mol. The van der Waals surface area contributed by atoms with Gasteiger partial charge in [-0.05, 0) is 57.5 Å². The van der Waals surface area contributed by atoms with E-state index in [1.54, 1.807) is 0 Å². The number of benzene rings is 5. The molecular weight excluding hydrogens is 372 g/mol. The lowest BCUT2D eigenvalue weighted by molar-refractivity contribution is 0.404. The molecule has 0 spiro atoms. The van der Waals surface area contributed by atoms with Crippen LogP contribution < -0.4 is 0 Å². The molecule has 0 aliphatic carbocycles. The lowest BCUT2D eigenvalue weighted by Gasteiger charge is -2.34. The van der Waals surface area contributed by atoms with E-state index in [9.17, 15) is 0 Å². The van der Waals surface area contributed by atoms with Crippen LogP contribution in [0.1, 0.15) is 30.0 Å². The summed E-state index contributed by atoms with van der Waals surface area (Å²) >= 11 is 0. The Balaban J connectivity index is 1.57. The van der Waals surface area contributed by atoms with Crippen molar-refractivity contribution in [2.24, 2.45) is 0 Å². The normalized spacial score (nSPS) is 11.8. The van der Waals surface area contributed by atoms with E-state index in [1.807, 2.05) is 0 Å². The van der Waals surface area contributed by atoms with Gasteiger partial charge in [0.25, 0.3) is 0 Å². The Bertz CT molecular complexity index is 1230. The number of hydrogen-bond donors (Lipinski definition) is 0. The number of rotatable bonds is 6. The highest BCUT2D eigenvalue weighted by Crippen LogP contribution is 2.37. The van der Waals surface area contributed by atoms with Gasteiger partial charge in [0.05, 0.1) is 0 Å². The van der Waals surface area contributed by atoms with Crippen LogP contribution in [0.15, 0.2) is 115 Å². The first-order valence-corrected chi connectivity index (χ1v) is 11.3. The van der Waals surface area contributed by atoms with Crippen molar-refractivity contribution in [3.05, 3.63) is 132 Å². The predicted octanol–water partition coefficient (Wildman–Crippen LogP) is 8.13. The zero-order valence-electron chi connectivity index (χ0n) is 18.1. The van der Waals surface area contributed by atoms with Gasteiger partial charge in [-0.15, -0.1) is 0 Å². The van der Waals surface area contributed by atoms with Crippen molar-refractivity contribution >= 4 is 21.5 Å². The van der Waals surface area contributed by atoms with E-state index in [0.29, 0.717) is 0 Å². The van der Waals surface area contributed by atoms with E-state index in [0.717, 1.165) is 19.3 Å². The van der Waals surface area contributed by atoms with Crippen LogP contribution >= 0.6 is 0 Å². The summed E-state index contributed by atoms with van der Waals surface area (Å²) in [5.41, 5.74) is 4.31. The Morgan fingerprint density at radius 3 is 1.42 bits per heavy atom. The lowest BCUT2D eigenvalue weighted by Crippen LogP contribution is -2.31. The maximum Gasteiger partial charge on any atom is 0.00310 e. The largest absolute Gasteiger partial charge is 0.0645 e. The van der Waals surface area contributed by atoms with Gasteiger partial charge in [-0.25, -0.2) is 0 Å². The molecule has 0 atom stereocenters. The molecule has 5 aromatic rings. The van der Waals surface area contributed by atoms with Crippen LogP contribution in [0.3, 0.4) is 0 Å². The highest BCUT2D eigenvalue weighted by Gasteiger charge is 2.31. The summed E-state index contributed by atoms with van der Waals surface area (Å²) in [7, 11) is 0. The van der Waals surface area contributed by atoms with E-state index >= 15 is 0 Å². The highest BCUT2D eigenvalue weighted by atomic mass is 14.3. The molecule has 0 saturated carbocycles. The van der Waals surface area contributed by atoms with Crippen molar-refractivity contribution < 1.29 is 0 Å². The molecule has 0 radical (unpaired) electrons. The van der Waals surface area contributed by atoms with Gasteiger partial charge in [-0.2, -0.15) is 0 Å². The van der Waals surface area contributed by atoms with E-state index in [1.165, 1.54) is 38.2 Å². The van der Waals surface area contributed by atoms with Crippen molar-refractivity contribution in [2.45, 2.75) is 31.6 Å². The van der Waals surface area contributed by atoms with Gasteiger partial charge in [0, 0.05) is 5.41 Å². The standard InChI is InChI=1S/C31H28/c1-2-31(30-14-4-3-5-15-30,22-24-16-18-26-10-6-8-12-28(26)20-24)23-25-17-19-27-11-7-9-13-29(27)21-25/h3-21H,2,22-23H2,1H3. The lowest BCUT2D eigenvalue weighted by atomic mass is 9.69. The van der Waals surface area contributed by atoms with Gasteiger partial charge in [0.15, 0.2) is 0 Å². The van der Waals surface area contributed by atoms with Crippen LogP contribution in [-0.2, 0) is 18.3 Å². The average Bonchev–Trinajstić information content (AvgIpc) is 2.84. The third kappa shape index (κ3) is 3.99. The van der Waals surface area contributed by atoms with Crippen LogP contribution in [-0.4, -0.2) is 0 Å². The second-order valence-electron chi connectivity index (χ2n) is 8.72. The Morgan fingerprint density at radius 1 is 0.484 bits per heavy atom. The smallest absolute Gasteiger partial charge is 0.00310 e. The van der Waals surface area contributed by atoms with Gasteiger partial charge >= 0.3 is 0 Å². The van der Waals surface area contributed by atoms with Crippen LogP contribution in [0.2, 0.25) is 0 Å². The fraction of sp³-hybridized carbons (Fsp3) is 0.161. The van der Waals surface area contributed by atoms with Gasteiger partial charge < -0.3 is 0 Å². The van der Waals surface area contributed by atoms with Crippen molar-refractivity contribution in [1.29, 1.82) is 0 Å². The van der Waals surface area contributed by atoms with Crippen LogP contribution in [0, 0.1) is 0 Å². The average molecular weight is 401 g/mol. The molecular formula is C31H28. The fourth-order valence-electron chi connectivity index (χ4n) is 4.99. The van der Waals surface area contributed by atoms with Gasteiger partial charge in [-0.3, -0.25) is 0 Å². The second kappa shape index (κ2) is 8.40. The second-order valence-corrected chi connectivity index (χ2v) is 8.72. The van der Waals surface area contributed by atoms with E-state index in [2.05, 4.69) is 122 Å². The molecule has 0 N–H and O–H groups in total. The summed E-state index contributed by atoms with van der Waals surface area (Å²) in [6.45, 7) is 2.34. The molecule has 5 rings (SSSR count). The third-order valence-electron chi connectivity index (χ3n) is 6.78. The SMILES string of the molecule is CCC(Cc1ccc2ccccc2c1)(Cc1ccc2ccccc2c1)c1ccccc1. The molecule has 0 unspecified atom stereocenters. The molecule has 0 aliphatic heterocycles.